The second-order valence-corrected chi connectivity index (χ2v) is 8.75. The number of nitrogens with one attached hydrogen (secondary N) is 2. The lowest BCUT2D eigenvalue weighted by Crippen LogP contribution is -3.29. The maximum absolute atomic E-state index is 4.50. The first-order chi connectivity index (χ1) is 12.1. The van der Waals surface area contributed by atoms with E-state index in [2.05, 4.69) is 47.9 Å². The maximum Gasteiger partial charge on any atom is 0.209 e. The van der Waals surface area contributed by atoms with Crippen molar-refractivity contribution in [3.63, 3.8) is 0 Å². The highest BCUT2D eigenvalue weighted by atomic mass is 15.6. The zero-order valence-electron chi connectivity index (χ0n) is 16.7. The second-order valence-electron chi connectivity index (χ2n) is 8.75. The molecule has 6 nitrogen and oxygen atoms in total. The molecule has 0 aromatic carbocycles. The summed E-state index contributed by atoms with van der Waals surface area (Å²) in [7, 11) is 0. The minimum atomic E-state index is -0.0127. The molecule has 142 valence electrons. The summed E-state index contributed by atoms with van der Waals surface area (Å²) in [5, 5.41) is 12.9. The Bertz CT molecular complexity index is 526. The van der Waals surface area contributed by atoms with Gasteiger partial charge in [0, 0.05) is 6.42 Å². The summed E-state index contributed by atoms with van der Waals surface area (Å²) >= 11 is 0. The zero-order chi connectivity index (χ0) is 17.9. The van der Waals surface area contributed by atoms with Crippen molar-refractivity contribution in [3.8, 4) is 0 Å². The first kappa shape index (κ1) is 18.8. The third-order valence-corrected chi connectivity index (χ3v) is 6.78. The smallest absolute Gasteiger partial charge is 0.209 e. The van der Waals surface area contributed by atoms with E-state index >= 15 is 0 Å². The first-order valence-corrected chi connectivity index (χ1v) is 10.5. The molecule has 1 atom stereocenters. The topological polar surface area (TPSA) is 52.5 Å². The van der Waals surface area contributed by atoms with Crippen LogP contribution in [0.2, 0.25) is 0 Å². The van der Waals surface area contributed by atoms with E-state index in [1.54, 1.807) is 4.90 Å². The van der Waals surface area contributed by atoms with E-state index in [0.29, 0.717) is 6.04 Å². The normalized spacial score (nSPS) is 26.9. The lowest BCUT2D eigenvalue weighted by Gasteiger charge is -2.37. The van der Waals surface area contributed by atoms with Gasteiger partial charge in [-0.2, -0.15) is 0 Å². The Balaban J connectivity index is 1.71. The van der Waals surface area contributed by atoms with Gasteiger partial charge in [0.15, 0.2) is 0 Å². The van der Waals surface area contributed by atoms with Crippen LogP contribution >= 0.6 is 0 Å². The minimum Gasteiger partial charge on any atom is -0.323 e. The average Bonchev–Trinajstić information content (AvgIpc) is 3.32. The van der Waals surface area contributed by atoms with Crippen molar-refractivity contribution >= 4 is 0 Å². The summed E-state index contributed by atoms with van der Waals surface area (Å²) in [6, 6.07) is 1.38. The van der Waals surface area contributed by atoms with Crippen LogP contribution in [0.3, 0.4) is 0 Å². The Morgan fingerprint density at radius 1 is 1.12 bits per heavy atom. The third-order valence-electron chi connectivity index (χ3n) is 6.78. The summed E-state index contributed by atoms with van der Waals surface area (Å²) in [5.41, 5.74) is -0.0127. The van der Waals surface area contributed by atoms with Gasteiger partial charge in [-0.3, -0.25) is 0 Å². The maximum atomic E-state index is 4.50. The predicted octanol–water partition coefficient (Wildman–Crippen LogP) is 0.385. The fraction of sp³-hybridized carbons (Fsp3) is 0.947. The van der Waals surface area contributed by atoms with Crippen molar-refractivity contribution in [2.24, 2.45) is 0 Å². The number of hydrogen-bond acceptors (Lipinski definition) is 3. The van der Waals surface area contributed by atoms with Crippen molar-refractivity contribution < 1.29 is 9.80 Å². The van der Waals surface area contributed by atoms with Gasteiger partial charge < -0.3 is 9.80 Å². The largest absolute Gasteiger partial charge is 0.323 e. The highest BCUT2D eigenvalue weighted by Crippen LogP contribution is 2.23. The summed E-state index contributed by atoms with van der Waals surface area (Å²) in [4.78, 5) is 3.57. The Morgan fingerprint density at radius 2 is 1.80 bits per heavy atom. The number of quaternary nitrogens is 2. The van der Waals surface area contributed by atoms with Crippen molar-refractivity contribution in [3.05, 3.63) is 5.82 Å². The van der Waals surface area contributed by atoms with Crippen LogP contribution in [0, 0.1) is 0 Å². The second kappa shape index (κ2) is 8.12. The van der Waals surface area contributed by atoms with E-state index in [4.69, 9.17) is 0 Å². The number of piperazine rings is 1. The van der Waals surface area contributed by atoms with Gasteiger partial charge in [-0.15, -0.1) is 5.10 Å². The van der Waals surface area contributed by atoms with Gasteiger partial charge in [0.2, 0.25) is 5.82 Å². The molecule has 2 heterocycles. The monoisotopic (exact) mass is 350 g/mol. The molecule has 3 rings (SSSR count). The molecular formula is C19H38N6+2. The number of rotatable bonds is 7. The summed E-state index contributed by atoms with van der Waals surface area (Å²) in [6.45, 7) is 14.1. The van der Waals surface area contributed by atoms with Crippen molar-refractivity contribution in [1.29, 1.82) is 0 Å². The molecule has 0 bridgehead atoms. The van der Waals surface area contributed by atoms with Gasteiger partial charge in [0.05, 0.1) is 11.6 Å². The molecule has 2 fully saturated rings. The van der Waals surface area contributed by atoms with Gasteiger partial charge >= 0.3 is 0 Å². The van der Waals surface area contributed by atoms with Crippen LogP contribution in [0.4, 0.5) is 0 Å². The molecular weight excluding hydrogens is 312 g/mol. The molecule has 0 unspecified atom stereocenters. The van der Waals surface area contributed by atoms with Gasteiger partial charge in [-0.05, 0) is 56.4 Å². The van der Waals surface area contributed by atoms with Crippen LogP contribution in [0.15, 0.2) is 0 Å². The fourth-order valence-corrected chi connectivity index (χ4v) is 4.78. The van der Waals surface area contributed by atoms with Crippen LogP contribution in [-0.4, -0.2) is 52.4 Å². The Kier molecular flexibility index (Phi) is 6.10. The predicted molar refractivity (Wildman–Crippen MR) is 98.7 cm³/mol. The molecule has 1 aliphatic heterocycles. The third kappa shape index (κ3) is 4.05. The van der Waals surface area contributed by atoms with Gasteiger partial charge in [0.25, 0.3) is 0 Å². The van der Waals surface area contributed by atoms with Crippen LogP contribution < -0.4 is 9.80 Å². The quantitative estimate of drug-likeness (QED) is 0.748. The summed E-state index contributed by atoms with van der Waals surface area (Å²) in [6.07, 6.45) is 9.20. The highest BCUT2D eigenvalue weighted by Gasteiger charge is 2.38. The molecule has 1 saturated carbocycles. The van der Waals surface area contributed by atoms with E-state index in [9.17, 15) is 0 Å². The first-order valence-electron chi connectivity index (χ1n) is 10.5. The van der Waals surface area contributed by atoms with Crippen LogP contribution in [0.25, 0.3) is 0 Å². The number of hydrogen-bond donors (Lipinski definition) is 2. The van der Waals surface area contributed by atoms with Crippen molar-refractivity contribution in [1.82, 2.24) is 20.2 Å². The number of tetrazole rings is 1. The molecule has 1 aliphatic carbocycles. The van der Waals surface area contributed by atoms with Gasteiger partial charge in [0.1, 0.15) is 32.2 Å². The molecule has 6 heteroatoms. The van der Waals surface area contributed by atoms with E-state index in [-0.39, 0.29) is 5.54 Å². The SMILES string of the molecule is CCC[C@@H](c1nnnn1C(C)(C)CC)[NH+]1CC[NH+](C2CCCC2)CC1. The molecule has 25 heavy (non-hydrogen) atoms. The van der Waals surface area contributed by atoms with Crippen molar-refractivity contribution in [2.45, 2.75) is 90.3 Å². The molecule has 2 aliphatic rings. The van der Waals surface area contributed by atoms with Crippen LogP contribution in [0.5, 0.6) is 0 Å². The Morgan fingerprint density at radius 3 is 2.40 bits per heavy atom. The molecule has 1 saturated heterocycles. The van der Waals surface area contributed by atoms with Crippen LogP contribution in [0.1, 0.15) is 84.5 Å². The zero-order valence-corrected chi connectivity index (χ0v) is 16.7. The minimum absolute atomic E-state index is 0.0127. The number of aromatic nitrogens is 4. The summed E-state index contributed by atoms with van der Waals surface area (Å²) < 4.78 is 2.11. The molecule has 0 amide bonds. The average molecular weight is 351 g/mol. The molecule has 0 radical (unpaired) electrons. The van der Waals surface area contributed by atoms with E-state index < -0.39 is 0 Å². The molecule has 2 N–H and O–H groups in total. The molecule has 1 aromatic heterocycles. The van der Waals surface area contributed by atoms with Gasteiger partial charge in [-0.25, -0.2) is 4.68 Å². The van der Waals surface area contributed by atoms with E-state index in [1.807, 2.05) is 4.90 Å². The van der Waals surface area contributed by atoms with Gasteiger partial charge in [-0.1, -0.05) is 20.3 Å². The Labute approximate surface area is 152 Å². The van der Waals surface area contributed by atoms with E-state index in [1.165, 1.54) is 64.7 Å². The lowest BCUT2D eigenvalue weighted by atomic mass is 10.0. The molecule has 0 spiro atoms. The number of nitrogens with zero attached hydrogens (tertiary/aromatic N) is 4. The molecule has 1 aromatic rings. The van der Waals surface area contributed by atoms with Crippen molar-refractivity contribution in [2.75, 3.05) is 26.2 Å². The summed E-state index contributed by atoms with van der Waals surface area (Å²) in [5.74, 6) is 1.10. The highest BCUT2D eigenvalue weighted by molar-refractivity contribution is 4.93. The standard InChI is InChI=1S/C19H36N6/c1-5-9-17(18-20-21-22-25(18)19(3,4)6-2)24-14-12-23(13-15-24)16-10-7-8-11-16/h16-17H,5-15H2,1-4H3/p+2/t17-/m0/s1. The Hall–Kier alpha value is -1.01. The lowest BCUT2D eigenvalue weighted by molar-refractivity contribution is -1.04. The van der Waals surface area contributed by atoms with Crippen LogP contribution in [-0.2, 0) is 5.54 Å². The van der Waals surface area contributed by atoms with E-state index in [0.717, 1.165) is 18.3 Å². The fourth-order valence-electron chi connectivity index (χ4n) is 4.78.